The average molecular weight is 313 g/mol. The number of fused-ring (bicyclic) bond motifs is 1. The van der Waals surface area contributed by atoms with Gasteiger partial charge in [0.15, 0.2) is 11.2 Å². The molecule has 0 unspecified atom stereocenters. The maximum atomic E-state index is 12.2. The Labute approximate surface area is 131 Å². The lowest BCUT2D eigenvalue weighted by Gasteiger charge is -2.05. The van der Waals surface area contributed by atoms with Crippen LogP contribution in [-0.2, 0) is 6.54 Å². The van der Waals surface area contributed by atoms with Gasteiger partial charge in [-0.1, -0.05) is 17.3 Å². The van der Waals surface area contributed by atoms with Crippen LogP contribution >= 0.6 is 0 Å². The lowest BCUT2D eigenvalue weighted by Crippen LogP contribution is -2.25. The molecule has 0 atom stereocenters. The van der Waals surface area contributed by atoms with Gasteiger partial charge in [-0.2, -0.15) is 0 Å². The van der Waals surface area contributed by atoms with Crippen LogP contribution in [0, 0.1) is 6.92 Å². The topological polar surface area (TPSA) is 101 Å². The van der Waals surface area contributed by atoms with Gasteiger partial charge < -0.3 is 15.0 Å². The van der Waals surface area contributed by atoms with E-state index in [1.165, 1.54) is 4.52 Å². The summed E-state index contributed by atoms with van der Waals surface area (Å²) in [4.78, 5) is 26.9. The Balaban J connectivity index is 1.79. The Bertz CT molecular complexity index is 911. The number of benzene rings is 1. The lowest BCUT2D eigenvalue weighted by molar-refractivity contribution is 0.0947. The smallest absolute Gasteiger partial charge is 0.276 e. The molecule has 118 valence electrons. The summed E-state index contributed by atoms with van der Waals surface area (Å²) in [7, 11) is 1.59. The summed E-state index contributed by atoms with van der Waals surface area (Å²) in [5.74, 6) is 0.288. The Kier molecular flexibility index (Phi) is 3.80. The fourth-order valence-corrected chi connectivity index (χ4v) is 2.21. The van der Waals surface area contributed by atoms with E-state index in [-0.39, 0.29) is 11.2 Å². The van der Waals surface area contributed by atoms with Crippen LogP contribution in [0.4, 0.5) is 0 Å². The van der Waals surface area contributed by atoms with Gasteiger partial charge in [-0.15, -0.1) is 5.10 Å². The number of amides is 1. The lowest BCUT2D eigenvalue weighted by atomic mass is 10.2. The van der Waals surface area contributed by atoms with Crippen LogP contribution in [-0.4, -0.2) is 32.8 Å². The molecule has 0 saturated carbocycles. The van der Waals surface area contributed by atoms with Gasteiger partial charge in [0.25, 0.3) is 11.5 Å². The molecule has 23 heavy (non-hydrogen) atoms. The molecule has 0 spiro atoms. The normalized spacial score (nSPS) is 10.7. The molecule has 2 heterocycles. The molecule has 1 amide bonds. The van der Waals surface area contributed by atoms with E-state index in [1.54, 1.807) is 20.2 Å². The van der Waals surface area contributed by atoms with E-state index >= 15 is 0 Å². The van der Waals surface area contributed by atoms with Gasteiger partial charge in [-0.05, 0) is 24.6 Å². The molecule has 8 nitrogen and oxygen atoms in total. The first kappa shape index (κ1) is 14.8. The number of aromatic amines is 1. The summed E-state index contributed by atoms with van der Waals surface area (Å²) in [6.45, 7) is 2.04. The monoisotopic (exact) mass is 313 g/mol. The predicted molar refractivity (Wildman–Crippen MR) is 82.5 cm³/mol. The highest BCUT2D eigenvalue weighted by molar-refractivity contribution is 5.98. The third kappa shape index (κ3) is 2.91. The Morgan fingerprint density at radius 2 is 2.09 bits per heavy atom. The maximum Gasteiger partial charge on any atom is 0.276 e. The van der Waals surface area contributed by atoms with Crippen molar-refractivity contribution in [2.45, 2.75) is 13.5 Å². The number of nitrogens with zero attached hydrogens (tertiary/aromatic N) is 3. The third-order valence-electron chi connectivity index (χ3n) is 3.36. The Morgan fingerprint density at radius 1 is 1.35 bits per heavy atom. The zero-order valence-corrected chi connectivity index (χ0v) is 12.7. The first-order chi connectivity index (χ1) is 11.1. The maximum absolute atomic E-state index is 12.2. The second-order valence-electron chi connectivity index (χ2n) is 5.03. The molecular formula is C15H15N5O3. The van der Waals surface area contributed by atoms with E-state index < -0.39 is 11.5 Å². The van der Waals surface area contributed by atoms with Gasteiger partial charge in [0, 0.05) is 12.2 Å². The highest BCUT2D eigenvalue weighted by Gasteiger charge is 2.17. The molecule has 0 fully saturated rings. The van der Waals surface area contributed by atoms with Gasteiger partial charge in [0.1, 0.15) is 5.75 Å². The van der Waals surface area contributed by atoms with Crippen molar-refractivity contribution in [3.63, 3.8) is 0 Å². The van der Waals surface area contributed by atoms with Crippen LogP contribution in [0.3, 0.4) is 0 Å². The van der Waals surface area contributed by atoms with Crippen molar-refractivity contribution in [2.75, 3.05) is 7.11 Å². The zero-order chi connectivity index (χ0) is 16.4. The minimum atomic E-state index is -0.454. The number of carbonyl (C=O) groups excluding carboxylic acids is 1. The highest BCUT2D eigenvalue weighted by atomic mass is 16.5. The largest absolute Gasteiger partial charge is 0.497 e. The minimum Gasteiger partial charge on any atom is -0.497 e. The Hall–Kier alpha value is -3.16. The van der Waals surface area contributed by atoms with Gasteiger partial charge >= 0.3 is 0 Å². The average Bonchev–Trinajstić information content (AvgIpc) is 2.97. The van der Waals surface area contributed by atoms with Crippen molar-refractivity contribution in [3.8, 4) is 5.75 Å². The van der Waals surface area contributed by atoms with Crippen molar-refractivity contribution in [2.24, 2.45) is 0 Å². The molecule has 2 N–H and O–H groups in total. The first-order valence-electron chi connectivity index (χ1n) is 6.94. The van der Waals surface area contributed by atoms with Crippen LogP contribution in [0.2, 0.25) is 0 Å². The number of carbonyl (C=O) groups is 1. The van der Waals surface area contributed by atoms with E-state index in [4.69, 9.17) is 4.74 Å². The third-order valence-corrected chi connectivity index (χ3v) is 3.36. The summed E-state index contributed by atoms with van der Waals surface area (Å²) in [6, 6.07) is 7.31. The molecule has 2 aromatic heterocycles. The second-order valence-corrected chi connectivity index (χ2v) is 5.03. The molecule has 0 bridgehead atoms. The van der Waals surface area contributed by atoms with Crippen molar-refractivity contribution in [1.29, 1.82) is 0 Å². The van der Waals surface area contributed by atoms with Crippen LogP contribution < -0.4 is 15.6 Å². The molecule has 1 aromatic carbocycles. The van der Waals surface area contributed by atoms with Crippen LogP contribution in [0.1, 0.15) is 21.7 Å². The minimum absolute atomic E-state index is 0.000221. The molecule has 0 aliphatic rings. The van der Waals surface area contributed by atoms with E-state index in [2.05, 4.69) is 20.6 Å². The number of rotatable bonds is 4. The van der Waals surface area contributed by atoms with Crippen LogP contribution in [0.15, 0.2) is 35.3 Å². The summed E-state index contributed by atoms with van der Waals surface area (Å²) >= 11 is 0. The van der Waals surface area contributed by atoms with Crippen molar-refractivity contribution >= 4 is 11.4 Å². The number of aromatic nitrogens is 4. The first-order valence-corrected chi connectivity index (χ1v) is 6.94. The number of methoxy groups -OCH3 is 1. The molecule has 3 rings (SSSR count). The quantitative estimate of drug-likeness (QED) is 0.737. The molecule has 0 aliphatic carbocycles. The van der Waals surface area contributed by atoms with E-state index in [9.17, 15) is 9.59 Å². The summed E-state index contributed by atoms with van der Waals surface area (Å²) in [6.07, 6.45) is 1.60. The predicted octanol–water partition coefficient (Wildman–Crippen LogP) is 0.665. The molecule has 3 aromatic rings. The second kappa shape index (κ2) is 5.91. The fourth-order valence-electron chi connectivity index (χ4n) is 2.21. The SMILES string of the molecule is COc1ccc(CNC(=O)c2nnn3cc(C)[nH]c(=O)c23)cc1. The molecule has 0 aliphatic heterocycles. The van der Waals surface area contributed by atoms with Gasteiger partial charge in [-0.3, -0.25) is 9.59 Å². The molecule has 0 saturated heterocycles. The van der Waals surface area contributed by atoms with Crippen molar-refractivity contribution < 1.29 is 9.53 Å². The molecule has 0 radical (unpaired) electrons. The number of ether oxygens (including phenoxy) is 1. The number of hydrogen-bond donors (Lipinski definition) is 2. The fraction of sp³-hybridized carbons (Fsp3) is 0.200. The number of hydrogen-bond acceptors (Lipinski definition) is 5. The summed E-state index contributed by atoms with van der Waals surface area (Å²) in [5.41, 5.74) is 1.27. The number of nitrogens with one attached hydrogen (secondary N) is 2. The van der Waals surface area contributed by atoms with Gasteiger partial charge in [-0.25, -0.2) is 4.52 Å². The van der Waals surface area contributed by atoms with Crippen molar-refractivity contribution in [1.82, 2.24) is 25.1 Å². The zero-order valence-electron chi connectivity index (χ0n) is 12.7. The van der Waals surface area contributed by atoms with Crippen molar-refractivity contribution in [3.05, 3.63) is 57.8 Å². The van der Waals surface area contributed by atoms with Crippen LogP contribution in [0.5, 0.6) is 5.75 Å². The van der Waals surface area contributed by atoms with Gasteiger partial charge in [0.2, 0.25) is 0 Å². The highest BCUT2D eigenvalue weighted by Crippen LogP contribution is 2.11. The summed E-state index contributed by atoms with van der Waals surface area (Å²) < 4.78 is 6.38. The Morgan fingerprint density at radius 3 is 2.78 bits per heavy atom. The summed E-state index contributed by atoms with van der Waals surface area (Å²) in [5, 5.41) is 10.3. The van der Waals surface area contributed by atoms with E-state index in [0.29, 0.717) is 12.2 Å². The van der Waals surface area contributed by atoms with Crippen LogP contribution in [0.25, 0.3) is 5.52 Å². The molecule has 8 heteroatoms. The van der Waals surface area contributed by atoms with E-state index in [0.717, 1.165) is 11.3 Å². The number of aryl methyl sites for hydroxylation is 1. The number of H-pyrrole nitrogens is 1. The van der Waals surface area contributed by atoms with E-state index in [1.807, 2.05) is 24.3 Å². The standard InChI is InChI=1S/C15H15N5O3/c1-9-8-20-13(15(22)17-9)12(18-19-20)14(21)16-7-10-3-5-11(23-2)6-4-10/h3-6,8H,7H2,1-2H3,(H,16,21)(H,17,22). The van der Waals surface area contributed by atoms with Gasteiger partial charge in [0.05, 0.1) is 13.3 Å². The molecular weight excluding hydrogens is 298 g/mol.